The van der Waals surface area contributed by atoms with Crippen molar-refractivity contribution in [1.82, 2.24) is 29.8 Å². The lowest BCUT2D eigenvalue weighted by Gasteiger charge is -2.34. The molecule has 0 bridgehead atoms. The van der Waals surface area contributed by atoms with E-state index in [0.717, 1.165) is 55.6 Å². The fourth-order valence-corrected chi connectivity index (χ4v) is 4.14. The first-order valence-corrected chi connectivity index (χ1v) is 9.58. The summed E-state index contributed by atoms with van der Waals surface area (Å²) in [5.41, 5.74) is 3.35. The van der Waals surface area contributed by atoms with Gasteiger partial charge >= 0.3 is 0 Å². The summed E-state index contributed by atoms with van der Waals surface area (Å²) in [6.45, 7) is 4.74. The zero-order chi connectivity index (χ0) is 18.1. The molecule has 0 aromatic carbocycles. The molecule has 1 fully saturated rings. The van der Waals surface area contributed by atoms with E-state index in [9.17, 15) is 0 Å². The highest BCUT2D eigenvalue weighted by molar-refractivity contribution is 5.60. The van der Waals surface area contributed by atoms with Crippen molar-refractivity contribution in [3.63, 3.8) is 0 Å². The number of nitrogens with one attached hydrogen (secondary N) is 1. The normalized spacial score (nSPS) is 19.3. The number of imidazole rings is 1. The van der Waals surface area contributed by atoms with Gasteiger partial charge in [-0.3, -0.25) is 4.98 Å². The Hall–Kier alpha value is -2.80. The quantitative estimate of drug-likeness (QED) is 0.769. The summed E-state index contributed by atoms with van der Waals surface area (Å²) in [6.07, 6.45) is 11.9. The van der Waals surface area contributed by atoms with Crippen molar-refractivity contribution in [2.75, 3.05) is 18.0 Å². The lowest BCUT2D eigenvalue weighted by atomic mass is 9.97. The van der Waals surface area contributed by atoms with E-state index in [2.05, 4.69) is 24.8 Å². The molecule has 1 saturated heterocycles. The van der Waals surface area contributed by atoms with Crippen LogP contribution in [0.1, 0.15) is 24.1 Å². The van der Waals surface area contributed by atoms with E-state index < -0.39 is 0 Å². The molecule has 7 nitrogen and oxygen atoms in total. The summed E-state index contributed by atoms with van der Waals surface area (Å²) in [5, 5.41) is 3.44. The number of hydrogen-bond acceptors (Lipinski definition) is 6. The Kier molecular flexibility index (Phi) is 4.29. The van der Waals surface area contributed by atoms with Gasteiger partial charge in [-0.05, 0) is 30.9 Å². The smallest absolute Gasteiger partial charge is 0.163 e. The van der Waals surface area contributed by atoms with Crippen molar-refractivity contribution in [3.05, 3.63) is 54.5 Å². The third kappa shape index (κ3) is 3.30. The van der Waals surface area contributed by atoms with Gasteiger partial charge in [0.2, 0.25) is 0 Å². The van der Waals surface area contributed by atoms with Gasteiger partial charge in [-0.25, -0.2) is 15.0 Å². The summed E-state index contributed by atoms with van der Waals surface area (Å²) in [5.74, 6) is 2.48. The molecule has 27 heavy (non-hydrogen) atoms. The van der Waals surface area contributed by atoms with Crippen molar-refractivity contribution in [1.29, 1.82) is 0 Å². The number of anilines is 1. The van der Waals surface area contributed by atoms with Crippen LogP contribution < -0.4 is 10.2 Å². The third-order valence-electron chi connectivity index (χ3n) is 5.43. The largest absolute Gasteiger partial charge is 0.356 e. The van der Waals surface area contributed by atoms with E-state index in [1.54, 1.807) is 6.20 Å². The fraction of sp³-hybridized carbons (Fsp3) is 0.400. The van der Waals surface area contributed by atoms with E-state index in [-0.39, 0.29) is 0 Å². The Balaban J connectivity index is 1.46. The highest BCUT2D eigenvalue weighted by Gasteiger charge is 2.27. The molecule has 0 saturated carbocycles. The summed E-state index contributed by atoms with van der Waals surface area (Å²) in [6, 6.07) is 3.96. The van der Waals surface area contributed by atoms with Crippen LogP contribution in [0.3, 0.4) is 0 Å². The lowest BCUT2D eigenvalue weighted by molar-refractivity contribution is 0.365. The van der Waals surface area contributed by atoms with Crippen LogP contribution >= 0.6 is 0 Å². The Morgan fingerprint density at radius 3 is 3.00 bits per heavy atom. The van der Waals surface area contributed by atoms with Crippen molar-refractivity contribution in [2.45, 2.75) is 32.5 Å². The first kappa shape index (κ1) is 16.4. The molecule has 7 heteroatoms. The fourth-order valence-electron chi connectivity index (χ4n) is 4.14. The minimum absolute atomic E-state index is 0.606. The zero-order valence-electron chi connectivity index (χ0n) is 15.3. The van der Waals surface area contributed by atoms with Crippen LogP contribution in [0.25, 0.3) is 11.4 Å². The standard InChI is InChI=1S/C20H23N7/c1-4-16(9-21-5-1)19-24-18-11-23-10-17(18)20(25-19)27-7-2-3-15(13-27)12-26-8-6-22-14-26/h1,4-6,8-9,14-15,23H,2-3,7,10-13H2. The van der Waals surface area contributed by atoms with Crippen LogP contribution in [0.15, 0.2) is 43.2 Å². The molecule has 5 rings (SSSR count). The van der Waals surface area contributed by atoms with Crippen LogP contribution in [-0.4, -0.2) is 37.6 Å². The van der Waals surface area contributed by atoms with Crippen LogP contribution in [0.2, 0.25) is 0 Å². The highest BCUT2D eigenvalue weighted by atomic mass is 15.2. The average molecular weight is 361 g/mol. The first-order valence-electron chi connectivity index (χ1n) is 9.58. The maximum Gasteiger partial charge on any atom is 0.163 e. The van der Waals surface area contributed by atoms with Gasteiger partial charge in [0.15, 0.2) is 5.82 Å². The van der Waals surface area contributed by atoms with E-state index >= 15 is 0 Å². The minimum Gasteiger partial charge on any atom is -0.356 e. The Morgan fingerprint density at radius 1 is 1.15 bits per heavy atom. The number of rotatable bonds is 4. The molecule has 0 amide bonds. The van der Waals surface area contributed by atoms with E-state index in [1.807, 2.05) is 37.1 Å². The van der Waals surface area contributed by atoms with E-state index in [0.29, 0.717) is 5.92 Å². The van der Waals surface area contributed by atoms with E-state index in [4.69, 9.17) is 9.97 Å². The second-order valence-corrected chi connectivity index (χ2v) is 7.36. The molecule has 0 aliphatic carbocycles. The molecule has 1 unspecified atom stereocenters. The van der Waals surface area contributed by atoms with Crippen LogP contribution in [0.4, 0.5) is 5.82 Å². The van der Waals surface area contributed by atoms with Gasteiger partial charge in [0.05, 0.1) is 12.0 Å². The van der Waals surface area contributed by atoms with E-state index in [1.165, 1.54) is 18.4 Å². The van der Waals surface area contributed by atoms with Gasteiger partial charge in [0.25, 0.3) is 0 Å². The summed E-state index contributed by atoms with van der Waals surface area (Å²) in [7, 11) is 0. The van der Waals surface area contributed by atoms with Crippen molar-refractivity contribution in [3.8, 4) is 11.4 Å². The van der Waals surface area contributed by atoms with Gasteiger partial charge in [0, 0.05) is 68.6 Å². The molecular formula is C20H23N7. The topological polar surface area (TPSA) is 71.8 Å². The Morgan fingerprint density at radius 2 is 2.15 bits per heavy atom. The maximum atomic E-state index is 4.99. The molecule has 2 aliphatic heterocycles. The molecule has 2 aliphatic rings. The van der Waals surface area contributed by atoms with Gasteiger partial charge in [-0.1, -0.05) is 0 Å². The Labute approximate surface area is 158 Å². The number of nitrogens with zero attached hydrogens (tertiary/aromatic N) is 6. The lowest BCUT2D eigenvalue weighted by Crippen LogP contribution is -2.38. The molecule has 0 spiro atoms. The van der Waals surface area contributed by atoms with Gasteiger partial charge in [-0.15, -0.1) is 0 Å². The maximum absolute atomic E-state index is 4.99. The second kappa shape index (κ2) is 7.08. The van der Waals surface area contributed by atoms with Gasteiger partial charge < -0.3 is 14.8 Å². The number of hydrogen-bond donors (Lipinski definition) is 1. The molecule has 138 valence electrons. The van der Waals surface area contributed by atoms with Crippen LogP contribution in [0, 0.1) is 5.92 Å². The molecule has 1 N–H and O–H groups in total. The first-order chi connectivity index (χ1) is 13.4. The molecule has 5 heterocycles. The Bertz CT molecular complexity index is 908. The predicted octanol–water partition coefficient (Wildman–Crippen LogP) is 2.25. The number of fused-ring (bicyclic) bond motifs is 1. The molecule has 3 aromatic heterocycles. The summed E-state index contributed by atoms with van der Waals surface area (Å²) in [4.78, 5) is 20.7. The third-order valence-corrected chi connectivity index (χ3v) is 5.43. The van der Waals surface area contributed by atoms with Crippen molar-refractivity contribution in [2.24, 2.45) is 5.92 Å². The monoisotopic (exact) mass is 361 g/mol. The molecule has 1 atom stereocenters. The zero-order valence-corrected chi connectivity index (χ0v) is 15.3. The number of piperidine rings is 1. The minimum atomic E-state index is 0.606. The van der Waals surface area contributed by atoms with Crippen molar-refractivity contribution < 1.29 is 0 Å². The summed E-state index contributed by atoms with van der Waals surface area (Å²) >= 11 is 0. The van der Waals surface area contributed by atoms with Gasteiger partial charge in [0.1, 0.15) is 5.82 Å². The van der Waals surface area contributed by atoms with Gasteiger partial charge in [-0.2, -0.15) is 0 Å². The number of aromatic nitrogens is 5. The highest BCUT2D eigenvalue weighted by Crippen LogP contribution is 2.31. The second-order valence-electron chi connectivity index (χ2n) is 7.36. The molecular weight excluding hydrogens is 338 g/mol. The van der Waals surface area contributed by atoms with Crippen molar-refractivity contribution >= 4 is 5.82 Å². The SMILES string of the molecule is c1cncc(-c2nc3c(c(N4CCCC(Cn5ccnc5)C4)n2)CNC3)c1. The van der Waals surface area contributed by atoms with Crippen LogP contribution in [0.5, 0.6) is 0 Å². The van der Waals surface area contributed by atoms with Crippen LogP contribution in [-0.2, 0) is 19.6 Å². The predicted molar refractivity (Wildman–Crippen MR) is 103 cm³/mol. The molecule has 3 aromatic rings. The average Bonchev–Trinajstić information content (AvgIpc) is 3.40. The summed E-state index contributed by atoms with van der Waals surface area (Å²) < 4.78 is 2.18. The molecule has 0 radical (unpaired) electrons. The number of pyridine rings is 1.